The third-order valence-electron chi connectivity index (χ3n) is 2.85. The van der Waals surface area contributed by atoms with Crippen molar-refractivity contribution in [1.82, 2.24) is 4.72 Å². The Morgan fingerprint density at radius 1 is 1.40 bits per heavy atom. The number of rotatable bonds is 5. The van der Waals surface area contributed by atoms with Crippen LogP contribution in [0.3, 0.4) is 0 Å². The van der Waals surface area contributed by atoms with Crippen molar-refractivity contribution >= 4 is 45.1 Å². The molecule has 1 saturated heterocycles. The number of nitrogens with one attached hydrogen (secondary N) is 1. The maximum absolute atomic E-state index is 12.3. The summed E-state index contributed by atoms with van der Waals surface area (Å²) in [6.07, 6.45) is 0. The van der Waals surface area contributed by atoms with Gasteiger partial charge in [0.1, 0.15) is 4.90 Å². The number of thioether (sulfide) groups is 2. The fourth-order valence-electron chi connectivity index (χ4n) is 1.79. The maximum atomic E-state index is 12.3. The molecule has 4 nitrogen and oxygen atoms in total. The lowest BCUT2D eigenvalue weighted by Gasteiger charge is -2.21. The van der Waals surface area contributed by atoms with Crippen molar-refractivity contribution in [3.63, 3.8) is 0 Å². The first-order valence-corrected chi connectivity index (χ1v) is 10.2. The summed E-state index contributed by atoms with van der Waals surface area (Å²) in [5.74, 6) is 3.13. The van der Waals surface area contributed by atoms with Crippen molar-refractivity contribution in [2.45, 2.75) is 16.8 Å². The second-order valence-electron chi connectivity index (χ2n) is 4.34. The largest absolute Gasteiger partial charge is 0.392 e. The lowest BCUT2D eigenvalue weighted by Crippen LogP contribution is -2.33. The van der Waals surface area contributed by atoms with Crippen molar-refractivity contribution in [3.05, 3.63) is 28.8 Å². The summed E-state index contributed by atoms with van der Waals surface area (Å²) in [5.41, 5.74) is 0.525. The van der Waals surface area contributed by atoms with Gasteiger partial charge in [-0.25, -0.2) is 13.1 Å². The molecule has 20 heavy (non-hydrogen) atoms. The van der Waals surface area contributed by atoms with Crippen molar-refractivity contribution in [2.75, 3.05) is 23.8 Å². The summed E-state index contributed by atoms with van der Waals surface area (Å²) in [5, 5.41) is 9.55. The SMILES string of the molecule is O=S(=O)(NCC1CSCCS1)c1cc(CO)ccc1Cl. The Morgan fingerprint density at radius 2 is 2.20 bits per heavy atom. The molecule has 0 saturated carbocycles. The fraction of sp³-hybridized carbons (Fsp3) is 0.500. The number of hydrogen-bond acceptors (Lipinski definition) is 5. The Kier molecular flexibility index (Phi) is 6.07. The van der Waals surface area contributed by atoms with E-state index in [1.807, 2.05) is 11.8 Å². The number of sulfonamides is 1. The van der Waals surface area contributed by atoms with E-state index < -0.39 is 10.0 Å². The van der Waals surface area contributed by atoms with Gasteiger partial charge in [0.2, 0.25) is 10.0 Å². The minimum atomic E-state index is -3.64. The van der Waals surface area contributed by atoms with Crippen LogP contribution >= 0.6 is 35.1 Å². The summed E-state index contributed by atoms with van der Waals surface area (Å²) >= 11 is 9.58. The van der Waals surface area contributed by atoms with Gasteiger partial charge in [-0.15, -0.1) is 0 Å². The zero-order chi connectivity index (χ0) is 14.6. The van der Waals surface area contributed by atoms with Gasteiger partial charge in [-0.3, -0.25) is 0 Å². The summed E-state index contributed by atoms with van der Waals surface area (Å²) in [6, 6.07) is 4.51. The standard InChI is InChI=1S/C12H16ClNO3S3/c13-11-2-1-9(7-15)5-12(11)20(16,17)14-6-10-8-18-3-4-19-10/h1-2,5,10,14-15H,3-4,6-8H2. The van der Waals surface area contributed by atoms with Gasteiger partial charge < -0.3 is 5.11 Å². The summed E-state index contributed by atoms with van der Waals surface area (Å²) in [4.78, 5) is 0.0270. The molecule has 0 aromatic heterocycles. The molecule has 0 radical (unpaired) electrons. The zero-order valence-corrected chi connectivity index (χ0v) is 13.9. The fourth-order valence-corrected chi connectivity index (χ4v) is 6.13. The molecule has 1 unspecified atom stereocenters. The van der Waals surface area contributed by atoms with E-state index in [1.54, 1.807) is 17.8 Å². The smallest absolute Gasteiger partial charge is 0.242 e. The van der Waals surface area contributed by atoms with Crippen molar-refractivity contribution in [2.24, 2.45) is 0 Å². The predicted octanol–water partition coefficient (Wildman–Crippen LogP) is 1.96. The first-order chi connectivity index (χ1) is 9.53. The molecule has 1 aliphatic rings. The molecule has 0 bridgehead atoms. The van der Waals surface area contributed by atoms with Gasteiger partial charge >= 0.3 is 0 Å². The predicted molar refractivity (Wildman–Crippen MR) is 86.1 cm³/mol. The third-order valence-corrected chi connectivity index (χ3v) is 7.60. The topological polar surface area (TPSA) is 66.4 Å². The van der Waals surface area contributed by atoms with Gasteiger partial charge in [-0.2, -0.15) is 23.5 Å². The lowest BCUT2D eigenvalue weighted by molar-refractivity contribution is 0.281. The average Bonchev–Trinajstić information content (AvgIpc) is 2.47. The van der Waals surface area contributed by atoms with E-state index in [2.05, 4.69) is 4.72 Å². The van der Waals surface area contributed by atoms with E-state index in [1.165, 1.54) is 12.1 Å². The number of benzene rings is 1. The van der Waals surface area contributed by atoms with E-state index in [-0.39, 0.29) is 16.5 Å². The Morgan fingerprint density at radius 3 is 2.85 bits per heavy atom. The van der Waals surface area contributed by atoms with Gasteiger partial charge in [-0.05, 0) is 17.7 Å². The molecule has 1 fully saturated rings. The van der Waals surface area contributed by atoms with E-state index in [4.69, 9.17) is 16.7 Å². The van der Waals surface area contributed by atoms with Gasteiger partial charge in [0.25, 0.3) is 0 Å². The van der Waals surface area contributed by atoms with Crippen molar-refractivity contribution in [1.29, 1.82) is 0 Å². The molecule has 2 rings (SSSR count). The van der Waals surface area contributed by atoms with E-state index in [0.29, 0.717) is 17.4 Å². The second kappa shape index (κ2) is 7.38. The van der Waals surface area contributed by atoms with E-state index in [9.17, 15) is 8.42 Å². The first kappa shape index (κ1) is 16.5. The van der Waals surface area contributed by atoms with Crippen LogP contribution in [0.15, 0.2) is 23.1 Å². The van der Waals surface area contributed by atoms with Crippen LogP contribution in [0.5, 0.6) is 0 Å². The number of aliphatic hydroxyl groups excluding tert-OH is 1. The van der Waals surface area contributed by atoms with E-state index >= 15 is 0 Å². The Hall–Kier alpha value is 0.0800. The summed E-state index contributed by atoms with van der Waals surface area (Å²) in [7, 11) is -3.64. The average molecular weight is 354 g/mol. The van der Waals surface area contributed by atoms with Crippen LogP contribution < -0.4 is 4.72 Å². The van der Waals surface area contributed by atoms with Gasteiger partial charge in [0.05, 0.1) is 11.6 Å². The number of halogens is 1. The highest BCUT2D eigenvalue weighted by Crippen LogP contribution is 2.25. The van der Waals surface area contributed by atoms with Gasteiger partial charge in [0, 0.05) is 29.1 Å². The number of aliphatic hydroxyl groups is 1. The van der Waals surface area contributed by atoms with Crippen molar-refractivity contribution < 1.29 is 13.5 Å². The molecule has 8 heteroatoms. The van der Waals surface area contributed by atoms with Crippen molar-refractivity contribution in [3.8, 4) is 0 Å². The number of hydrogen-bond donors (Lipinski definition) is 2. The molecule has 1 aromatic carbocycles. The van der Waals surface area contributed by atoms with Crippen LogP contribution in [-0.4, -0.2) is 42.6 Å². The van der Waals surface area contributed by atoms with Crippen LogP contribution in [0.25, 0.3) is 0 Å². The Labute approximate surface area is 132 Å². The van der Waals surface area contributed by atoms with E-state index in [0.717, 1.165) is 17.3 Å². The summed E-state index contributed by atoms with van der Waals surface area (Å²) < 4.78 is 27.2. The molecule has 1 heterocycles. The van der Waals surface area contributed by atoms with Gasteiger partial charge in [-0.1, -0.05) is 17.7 Å². The monoisotopic (exact) mass is 353 g/mol. The Balaban J connectivity index is 2.09. The van der Waals surface area contributed by atoms with Crippen LogP contribution in [-0.2, 0) is 16.6 Å². The highest BCUT2D eigenvalue weighted by atomic mass is 35.5. The highest BCUT2D eigenvalue weighted by Gasteiger charge is 2.21. The normalized spacial score (nSPS) is 20.0. The summed E-state index contributed by atoms with van der Waals surface area (Å²) in [6.45, 7) is 0.189. The first-order valence-electron chi connectivity index (χ1n) is 6.11. The van der Waals surface area contributed by atoms with Crippen LogP contribution in [0.1, 0.15) is 5.56 Å². The molecule has 1 aliphatic heterocycles. The third kappa shape index (κ3) is 4.29. The second-order valence-corrected chi connectivity index (χ2v) is 9.04. The molecule has 0 aliphatic carbocycles. The van der Waals surface area contributed by atoms with Gasteiger partial charge in [0.15, 0.2) is 0 Å². The lowest BCUT2D eigenvalue weighted by atomic mass is 10.2. The molecular weight excluding hydrogens is 338 g/mol. The minimum Gasteiger partial charge on any atom is -0.392 e. The van der Waals surface area contributed by atoms with Crippen LogP contribution in [0.4, 0.5) is 0 Å². The molecule has 2 N–H and O–H groups in total. The Bertz CT molecular complexity index is 559. The molecule has 0 amide bonds. The minimum absolute atomic E-state index is 0.0270. The molecule has 1 aromatic rings. The highest BCUT2D eigenvalue weighted by molar-refractivity contribution is 8.06. The van der Waals surface area contributed by atoms with Crippen LogP contribution in [0.2, 0.25) is 5.02 Å². The molecule has 112 valence electrons. The zero-order valence-electron chi connectivity index (χ0n) is 10.7. The maximum Gasteiger partial charge on any atom is 0.242 e. The van der Waals surface area contributed by atoms with Crippen LogP contribution in [0, 0.1) is 0 Å². The molecule has 1 atom stereocenters. The quantitative estimate of drug-likeness (QED) is 0.847. The molecule has 0 spiro atoms. The molecular formula is C12H16ClNO3S3.